The molecule has 0 aliphatic rings. The van der Waals surface area contributed by atoms with Crippen LogP contribution in [0.2, 0.25) is 10.0 Å². The predicted octanol–water partition coefficient (Wildman–Crippen LogP) is 9.89. The second-order valence-electron chi connectivity index (χ2n) is 13.0. The van der Waals surface area contributed by atoms with Crippen molar-refractivity contribution in [3.63, 3.8) is 0 Å². The van der Waals surface area contributed by atoms with Crippen LogP contribution in [0, 0.1) is 5.41 Å². The van der Waals surface area contributed by atoms with Gasteiger partial charge in [0.1, 0.15) is 11.5 Å². The molecule has 2 aromatic heterocycles. The Morgan fingerprint density at radius 2 is 1.13 bits per heavy atom. The van der Waals surface area contributed by atoms with Gasteiger partial charge >= 0.3 is 24.3 Å². The van der Waals surface area contributed by atoms with Crippen molar-refractivity contribution in [2.45, 2.75) is 33.1 Å². The maximum atomic E-state index is 10.6. The van der Waals surface area contributed by atoms with Crippen molar-refractivity contribution in [3.05, 3.63) is 82.8 Å². The lowest BCUT2D eigenvalue weighted by Crippen LogP contribution is -2.26. The highest BCUT2D eigenvalue weighted by Crippen LogP contribution is 2.45. The molecular formula is C37H32Cl2F6N4O6. The summed E-state index contributed by atoms with van der Waals surface area (Å²) < 4.78 is 69.7. The zero-order chi connectivity index (χ0) is 41.0. The Labute approximate surface area is 318 Å². The Morgan fingerprint density at radius 3 is 1.55 bits per heavy atom. The summed E-state index contributed by atoms with van der Waals surface area (Å²) in [5.74, 6) is -4.61. The van der Waals surface area contributed by atoms with Crippen LogP contribution >= 0.6 is 23.2 Å². The molecule has 0 amide bonds. The minimum Gasteiger partial charge on any atom is -0.508 e. The lowest BCUT2D eigenvalue weighted by molar-refractivity contribution is -0.193. The van der Waals surface area contributed by atoms with Crippen LogP contribution in [0.15, 0.2) is 72.8 Å². The third-order valence-corrected chi connectivity index (χ3v) is 7.89. The molecule has 6 aromatic rings. The number of carboxylic acid groups (broad SMARTS) is 2. The van der Waals surface area contributed by atoms with Crippen molar-refractivity contribution in [2.75, 3.05) is 24.6 Å². The summed E-state index contributed by atoms with van der Waals surface area (Å²) >= 11 is 12.8. The van der Waals surface area contributed by atoms with E-state index in [1.54, 1.807) is 12.1 Å². The fraction of sp³-hybridized carbons (Fsp3) is 0.243. The van der Waals surface area contributed by atoms with Crippen LogP contribution in [-0.2, 0) is 9.59 Å². The topological polar surface area (TPSA) is 159 Å². The number of phenols is 1. The molecule has 0 radical (unpaired) electrons. The summed E-state index contributed by atoms with van der Waals surface area (Å²) in [6.45, 7) is 7.84. The number of anilines is 2. The molecule has 0 saturated heterocycles. The Kier molecular flexibility index (Phi) is 12.8. The van der Waals surface area contributed by atoms with Gasteiger partial charge in [0.05, 0.1) is 40.0 Å². The molecule has 0 atom stereocenters. The van der Waals surface area contributed by atoms with Crippen LogP contribution in [0.25, 0.3) is 43.6 Å². The molecule has 6 rings (SSSR count). The van der Waals surface area contributed by atoms with E-state index in [-0.39, 0.29) is 11.2 Å². The number of carbonyl (C=O) groups is 2. The predicted molar refractivity (Wildman–Crippen MR) is 199 cm³/mol. The number of hydrogen-bond donors (Lipinski definition) is 4. The van der Waals surface area contributed by atoms with Gasteiger partial charge in [0.25, 0.3) is 0 Å². The van der Waals surface area contributed by atoms with Crippen LogP contribution < -0.4 is 15.4 Å². The third-order valence-electron chi connectivity index (χ3n) is 7.42. The molecule has 5 N–H and O–H groups in total. The maximum Gasteiger partial charge on any atom is 0.490 e. The summed E-state index contributed by atoms with van der Waals surface area (Å²) in [7, 11) is 0. The molecule has 0 bridgehead atoms. The van der Waals surface area contributed by atoms with Crippen molar-refractivity contribution >= 4 is 90.1 Å². The smallest absolute Gasteiger partial charge is 0.490 e. The van der Waals surface area contributed by atoms with E-state index >= 15 is 0 Å². The van der Waals surface area contributed by atoms with Gasteiger partial charge < -0.3 is 30.7 Å². The van der Waals surface area contributed by atoms with Crippen molar-refractivity contribution in [1.29, 1.82) is 0 Å². The number of benzene rings is 4. The average molecular weight is 814 g/mol. The van der Waals surface area contributed by atoms with Gasteiger partial charge in [0.2, 0.25) is 0 Å². The number of nitrogens with two attached hydrogens (primary N) is 1. The van der Waals surface area contributed by atoms with Gasteiger partial charge in [-0.2, -0.15) is 26.3 Å². The van der Waals surface area contributed by atoms with E-state index < -0.39 is 24.3 Å². The minimum atomic E-state index is -5.08. The monoisotopic (exact) mass is 812 g/mol. The van der Waals surface area contributed by atoms with Crippen molar-refractivity contribution in [3.8, 4) is 11.5 Å². The average Bonchev–Trinajstić information content (AvgIpc) is 3.07. The summed E-state index contributed by atoms with van der Waals surface area (Å²) in [6, 6.07) is 22.6. The second-order valence-corrected chi connectivity index (χ2v) is 13.9. The first-order chi connectivity index (χ1) is 25.5. The lowest BCUT2D eigenvalue weighted by Gasteiger charge is -2.30. The largest absolute Gasteiger partial charge is 0.508 e. The van der Waals surface area contributed by atoms with Crippen molar-refractivity contribution in [1.82, 2.24) is 9.97 Å². The van der Waals surface area contributed by atoms with Gasteiger partial charge in [-0.25, -0.2) is 19.6 Å². The molecule has 292 valence electrons. The molecule has 0 saturated carbocycles. The van der Waals surface area contributed by atoms with E-state index in [9.17, 15) is 31.4 Å². The number of aromatic nitrogens is 2. The molecule has 2 heterocycles. The highest BCUT2D eigenvalue weighted by molar-refractivity contribution is 6.32. The van der Waals surface area contributed by atoms with Crippen molar-refractivity contribution in [2.24, 2.45) is 11.1 Å². The standard InChI is InChI=1S/C33H30Cl2N4O2.2C2HF3O2/c1-33(2,3)18-41-22-7-11-28-26(17-22)32(24-9-5-20(35)15-30(24)38-28)39(13-12-36)31-23-8-4-19(34)14-29(23)37-27-10-6-21(40)16-25(27)31;2*3-2(4,5)1(6)7/h4-11,14-17,40H,12-13,18,36H2,1-3H3;2*(H,6,7). The van der Waals surface area contributed by atoms with E-state index in [2.05, 4.69) is 25.7 Å². The molecular weight excluding hydrogens is 781 g/mol. The van der Waals surface area contributed by atoms with Gasteiger partial charge in [-0.1, -0.05) is 44.0 Å². The van der Waals surface area contributed by atoms with E-state index in [4.69, 9.17) is 63.4 Å². The maximum absolute atomic E-state index is 10.6. The minimum absolute atomic E-state index is 0.0000979. The number of hydrogen-bond acceptors (Lipinski definition) is 8. The first-order valence-electron chi connectivity index (χ1n) is 16.0. The normalized spacial score (nSPS) is 11.9. The molecule has 10 nitrogen and oxygen atoms in total. The molecule has 0 aliphatic heterocycles. The fourth-order valence-electron chi connectivity index (χ4n) is 5.19. The molecule has 0 fully saturated rings. The van der Waals surface area contributed by atoms with Crippen LogP contribution in [0.5, 0.6) is 11.5 Å². The number of carboxylic acids is 2. The first-order valence-corrected chi connectivity index (χ1v) is 16.7. The second kappa shape index (κ2) is 16.6. The van der Waals surface area contributed by atoms with Crippen LogP contribution in [0.3, 0.4) is 0 Å². The van der Waals surface area contributed by atoms with E-state index in [1.165, 1.54) is 0 Å². The molecule has 0 spiro atoms. The number of ether oxygens (including phenoxy) is 1. The van der Waals surface area contributed by atoms with E-state index in [0.717, 1.165) is 60.7 Å². The number of phenolic OH excluding ortho intramolecular Hbond substituents is 1. The molecule has 18 heteroatoms. The van der Waals surface area contributed by atoms with Gasteiger partial charge in [-0.15, -0.1) is 0 Å². The number of aliphatic carboxylic acids is 2. The number of alkyl halides is 6. The summed E-state index contributed by atoms with van der Waals surface area (Å²) in [5.41, 5.74) is 11.1. The SMILES string of the molecule is CC(C)(C)COc1ccc2nc3cc(Cl)ccc3c(N(CCN)c3c4ccc(Cl)cc4nc4ccc(O)cc34)c2c1.O=C(O)C(F)(F)F.O=C(O)C(F)(F)F. The molecule has 0 unspecified atom stereocenters. The van der Waals surface area contributed by atoms with Crippen molar-refractivity contribution < 1.29 is 56.0 Å². The number of nitrogens with zero attached hydrogens (tertiary/aromatic N) is 3. The van der Waals surface area contributed by atoms with Gasteiger partial charge in [0, 0.05) is 44.7 Å². The number of fused-ring (bicyclic) bond motifs is 4. The Bertz CT molecular complexity index is 2360. The zero-order valence-corrected chi connectivity index (χ0v) is 30.6. The number of pyridine rings is 2. The summed E-state index contributed by atoms with van der Waals surface area (Å²) in [6.07, 6.45) is -10.2. The molecule has 4 aromatic carbocycles. The molecule has 55 heavy (non-hydrogen) atoms. The fourth-order valence-corrected chi connectivity index (χ4v) is 5.53. The lowest BCUT2D eigenvalue weighted by atomic mass is 9.98. The number of aromatic hydroxyl groups is 1. The van der Waals surface area contributed by atoms with Gasteiger partial charge in [-0.05, 0) is 78.2 Å². The van der Waals surface area contributed by atoms with Crippen LogP contribution in [0.1, 0.15) is 20.8 Å². The number of rotatable bonds is 6. The van der Waals surface area contributed by atoms with Crippen LogP contribution in [-0.4, -0.2) is 69.3 Å². The van der Waals surface area contributed by atoms with Crippen LogP contribution in [0.4, 0.5) is 37.7 Å². The Morgan fingerprint density at radius 1 is 0.691 bits per heavy atom. The third kappa shape index (κ3) is 10.7. The molecule has 0 aliphatic carbocycles. The zero-order valence-electron chi connectivity index (χ0n) is 29.1. The van der Waals surface area contributed by atoms with E-state index in [1.807, 2.05) is 60.7 Å². The van der Waals surface area contributed by atoms with Gasteiger partial charge in [-0.3, -0.25) is 0 Å². The Hall–Kier alpha value is -5.32. The summed E-state index contributed by atoms with van der Waals surface area (Å²) in [5, 5.41) is 29.5. The van der Waals surface area contributed by atoms with Gasteiger partial charge in [0.15, 0.2) is 0 Å². The highest BCUT2D eigenvalue weighted by atomic mass is 35.5. The first kappa shape index (κ1) is 42.4. The number of halogens is 8. The Balaban J connectivity index is 0.000000410. The summed E-state index contributed by atoms with van der Waals surface area (Å²) in [4.78, 5) is 29.8. The highest BCUT2D eigenvalue weighted by Gasteiger charge is 2.39. The van der Waals surface area contributed by atoms with E-state index in [0.29, 0.717) is 29.7 Å². The quantitative estimate of drug-likeness (QED) is 0.0942.